The van der Waals surface area contributed by atoms with Gasteiger partial charge in [-0.2, -0.15) is 5.10 Å². The molecular weight excluding hydrogens is 462 g/mol. The molecule has 4 rings (SSSR count). The number of nitrogens with one attached hydrogen (secondary N) is 1. The van der Waals surface area contributed by atoms with Crippen LogP contribution in [0.4, 0.5) is 0 Å². The summed E-state index contributed by atoms with van der Waals surface area (Å²) >= 11 is 6.28. The SMILES string of the molecule is CCOC(=O)c1[nH]c2c(-c3ccnn3C(C)C)cccc2c1CCCOc1cc(C)c(Cl)c(C)c1. The third kappa shape index (κ3) is 5.08. The van der Waals surface area contributed by atoms with Crippen LogP contribution < -0.4 is 4.74 Å². The highest BCUT2D eigenvalue weighted by atomic mass is 35.5. The van der Waals surface area contributed by atoms with Crippen molar-refractivity contribution in [1.82, 2.24) is 14.8 Å². The monoisotopic (exact) mass is 493 g/mol. The minimum absolute atomic E-state index is 0.214. The van der Waals surface area contributed by atoms with Crippen LogP contribution in [0.1, 0.15) is 60.4 Å². The second-order valence-electron chi connectivity index (χ2n) is 9.00. The highest BCUT2D eigenvalue weighted by molar-refractivity contribution is 6.32. The largest absolute Gasteiger partial charge is 0.494 e. The number of esters is 1. The highest BCUT2D eigenvalue weighted by Crippen LogP contribution is 2.34. The van der Waals surface area contributed by atoms with Crippen molar-refractivity contribution in [3.05, 3.63) is 70.0 Å². The van der Waals surface area contributed by atoms with E-state index in [-0.39, 0.29) is 12.0 Å². The fraction of sp³-hybridized carbons (Fsp3) is 0.357. The molecule has 0 spiro atoms. The molecule has 0 bridgehead atoms. The molecule has 0 aliphatic rings. The lowest BCUT2D eigenvalue weighted by Crippen LogP contribution is -2.09. The Morgan fingerprint density at radius 2 is 1.91 bits per heavy atom. The van der Waals surface area contributed by atoms with Crippen molar-refractivity contribution < 1.29 is 14.3 Å². The maximum absolute atomic E-state index is 12.9. The highest BCUT2D eigenvalue weighted by Gasteiger charge is 2.22. The van der Waals surface area contributed by atoms with E-state index in [2.05, 4.69) is 36.1 Å². The number of ether oxygens (including phenoxy) is 2. The molecule has 0 aliphatic heterocycles. The Morgan fingerprint density at radius 3 is 2.60 bits per heavy atom. The summed E-state index contributed by atoms with van der Waals surface area (Å²) in [5, 5.41) is 6.27. The number of nitrogens with zero attached hydrogens (tertiary/aromatic N) is 2. The van der Waals surface area contributed by atoms with E-state index < -0.39 is 0 Å². The van der Waals surface area contributed by atoms with Crippen LogP contribution in [-0.4, -0.2) is 33.9 Å². The van der Waals surface area contributed by atoms with Gasteiger partial charge in [-0.1, -0.05) is 29.8 Å². The zero-order chi connectivity index (χ0) is 25.1. The van der Waals surface area contributed by atoms with E-state index in [1.165, 1.54) is 0 Å². The molecule has 7 heteroatoms. The molecule has 0 saturated heterocycles. The normalized spacial score (nSPS) is 11.4. The van der Waals surface area contributed by atoms with Gasteiger partial charge in [0.25, 0.3) is 0 Å². The molecule has 0 saturated carbocycles. The van der Waals surface area contributed by atoms with Gasteiger partial charge < -0.3 is 14.5 Å². The molecular formula is C28H32ClN3O3. The Kier molecular flexibility index (Phi) is 7.51. The van der Waals surface area contributed by atoms with Crippen molar-refractivity contribution >= 4 is 28.5 Å². The second-order valence-corrected chi connectivity index (χ2v) is 9.38. The van der Waals surface area contributed by atoms with Crippen molar-refractivity contribution in [1.29, 1.82) is 0 Å². The third-order valence-electron chi connectivity index (χ3n) is 6.11. The van der Waals surface area contributed by atoms with E-state index in [9.17, 15) is 4.79 Å². The predicted octanol–water partition coefficient (Wildman–Crippen LogP) is 7.07. The van der Waals surface area contributed by atoms with Crippen LogP contribution >= 0.6 is 11.6 Å². The number of H-pyrrole nitrogens is 1. The van der Waals surface area contributed by atoms with Gasteiger partial charge in [-0.15, -0.1) is 0 Å². The zero-order valence-corrected chi connectivity index (χ0v) is 21.7. The van der Waals surface area contributed by atoms with Gasteiger partial charge in [0.2, 0.25) is 0 Å². The van der Waals surface area contributed by atoms with E-state index in [1.54, 1.807) is 0 Å². The van der Waals surface area contributed by atoms with Crippen molar-refractivity contribution in [2.75, 3.05) is 13.2 Å². The quantitative estimate of drug-likeness (QED) is 0.200. The molecule has 2 heterocycles. The summed E-state index contributed by atoms with van der Waals surface area (Å²) in [6, 6.07) is 12.3. The van der Waals surface area contributed by atoms with Gasteiger partial charge in [-0.25, -0.2) is 4.79 Å². The van der Waals surface area contributed by atoms with Crippen molar-refractivity contribution in [2.24, 2.45) is 0 Å². The summed E-state index contributed by atoms with van der Waals surface area (Å²) in [7, 11) is 0. The van der Waals surface area contributed by atoms with Gasteiger partial charge in [-0.3, -0.25) is 4.68 Å². The van der Waals surface area contributed by atoms with Crippen molar-refractivity contribution in [3.8, 4) is 17.0 Å². The number of carbonyl (C=O) groups excluding carboxylic acids is 1. The van der Waals surface area contributed by atoms with Gasteiger partial charge >= 0.3 is 5.97 Å². The second kappa shape index (κ2) is 10.6. The van der Waals surface area contributed by atoms with Crippen LogP contribution in [0.15, 0.2) is 42.6 Å². The van der Waals surface area contributed by atoms with Gasteiger partial charge in [0.15, 0.2) is 0 Å². The lowest BCUT2D eigenvalue weighted by molar-refractivity contribution is 0.0519. The first-order valence-electron chi connectivity index (χ1n) is 12.1. The molecule has 2 aromatic carbocycles. The summed E-state index contributed by atoms with van der Waals surface area (Å²) in [4.78, 5) is 16.2. The standard InChI is InChI=1S/C28H32ClN3O3/c1-6-34-28(33)27-22(11-8-14-35-20-15-18(4)25(29)19(5)16-20)21-9-7-10-23(26(21)31-27)24-12-13-30-32(24)17(2)3/h7,9-10,12-13,15-17,31H,6,8,11,14H2,1-5H3. The number of halogens is 1. The first-order chi connectivity index (χ1) is 16.8. The summed E-state index contributed by atoms with van der Waals surface area (Å²) in [5.74, 6) is 0.463. The summed E-state index contributed by atoms with van der Waals surface area (Å²) in [6.45, 7) is 10.8. The number of para-hydroxylation sites is 1. The number of benzene rings is 2. The first kappa shape index (κ1) is 24.9. The molecule has 2 aromatic heterocycles. The molecule has 6 nitrogen and oxygen atoms in total. The van der Waals surface area contributed by atoms with Gasteiger partial charge in [0, 0.05) is 28.2 Å². The number of fused-ring (bicyclic) bond motifs is 1. The van der Waals surface area contributed by atoms with Gasteiger partial charge in [0.05, 0.1) is 24.4 Å². The zero-order valence-electron chi connectivity index (χ0n) is 20.9. The molecule has 0 amide bonds. The predicted molar refractivity (Wildman–Crippen MR) is 141 cm³/mol. The number of carbonyl (C=O) groups is 1. The Bertz CT molecular complexity index is 1330. The van der Waals surface area contributed by atoms with Crippen molar-refractivity contribution in [3.63, 3.8) is 0 Å². The first-order valence-corrected chi connectivity index (χ1v) is 12.4. The molecule has 1 N–H and O–H groups in total. The van der Waals surface area contributed by atoms with Crippen molar-refractivity contribution in [2.45, 2.75) is 53.5 Å². The van der Waals surface area contributed by atoms with E-state index in [0.717, 1.165) is 56.0 Å². The van der Waals surface area contributed by atoms with Crippen LogP contribution in [0.5, 0.6) is 5.75 Å². The van der Waals surface area contributed by atoms with E-state index in [1.807, 2.05) is 55.9 Å². The van der Waals surface area contributed by atoms with E-state index >= 15 is 0 Å². The number of hydrogen-bond acceptors (Lipinski definition) is 4. The number of rotatable bonds is 9. The van der Waals surface area contributed by atoms with Crippen LogP contribution in [0, 0.1) is 13.8 Å². The summed E-state index contributed by atoms with van der Waals surface area (Å²) in [6.07, 6.45) is 3.22. The molecule has 0 atom stereocenters. The fourth-order valence-electron chi connectivity index (χ4n) is 4.49. The molecule has 0 unspecified atom stereocenters. The molecule has 184 valence electrons. The van der Waals surface area contributed by atoms with E-state index in [0.29, 0.717) is 25.3 Å². The molecule has 35 heavy (non-hydrogen) atoms. The Labute approximate surface area is 211 Å². The maximum atomic E-state index is 12.9. The number of aromatic amines is 1. The van der Waals surface area contributed by atoms with Gasteiger partial charge in [-0.05, 0) is 82.3 Å². The molecule has 0 fully saturated rings. The Balaban J connectivity index is 1.64. The fourth-order valence-corrected chi connectivity index (χ4v) is 4.60. The smallest absolute Gasteiger partial charge is 0.355 e. The number of hydrogen-bond donors (Lipinski definition) is 1. The van der Waals surface area contributed by atoms with Gasteiger partial charge in [0.1, 0.15) is 11.4 Å². The summed E-state index contributed by atoms with van der Waals surface area (Å²) in [5.41, 5.74) is 6.37. The summed E-state index contributed by atoms with van der Waals surface area (Å²) < 4.78 is 13.4. The molecule has 4 aromatic rings. The van der Waals surface area contributed by atoms with Crippen LogP contribution in [-0.2, 0) is 11.2 Å². The number of aromatic nitrogens is 3. The molecule has 0 radical (unpaired) electrons. The average molecular weight is 494 g/mol. The van der Waals surface area contributed by atoms with Crippen LogP contribution in [0.3, 0.4) is 0 Å². The van der Waals surface area contributed by atoms with Crippen LogP contribution in [0.25, 0.3) is 22.2 Å². The topological polar surface area (TPSA) is 69.1 Å². The minimum Gasteiger partial charge on any atom is -0.494 e. The maximum Gasteiger partial charge on any atom is 0.355 e. The lowest BCUT2D eigenvalue weighted by atomic mass is 10.0. The third-order valence-corrected chi connectivity index (χ3v) is 6.70. The Morgan fingerprint density at radius 1 is 1.17 bits per heavy atom. The van der Waals surface area contributed by atoms with E-state index in [4.69, 9.17) is 21.1 Å². The van der Waals surface area contributed by atoms with Crippen LogP contribution in [0.2, 0.25) is 5.02 Å². The lowest BCUT2D eigenvalue weighted by Gasteiger charge is -2.12. The minimum atomic E-state index is -0.341. The Hall–Kier alpha value is -3.25. The molecule has 0 aliphatic carbocycles. The number of aryl methyl sites for hydroxylation is 3. The average Bonchev–Trinajstić information content (AvgIpc) is 3.45.